The van der Waals surface area contributed by atoms with Crippen molar-refractivity contribution in [2.24, 2.45) is 0 Å². The molecule has 1 atom stereocenters. The topological polar surface area (TPSA) is 50.4 Å². The lowest BCUT2D eigenvalue weighted by atomic mass is 10.2. The van der Waals surface area contributed by atoms with E-state index in [0.29, 0.717) is 12.6 Å². The van der Waals surface area contributed by atoms with Gasteiger partial charge in [0, 0.05) is 12.6 Å². The molecule has 4 nitrogen and oxygen atoms in total. The van der Waals surface area contributed by atoms with Crippen molar-refractivity contribution in [3.05, 3.63) is 0 Å². The molecule has 4 heteroatoms. The second kappa shape index (κ2) is 6.67. The fourth-order valence-corrected chi connectivity index (χ4v) is 1.17. The molecule has 0 spiro atoms. The first-order valence-corrected chi connectivity index (χ1v) is 5.59. The molecule has 0 bridgehead atoms. The van der Waals surface area contributed by atoms with E-state index in [2.05, 4.69) is 24.5 Å². The monoisotopic (exact) mass is 216 g/mol. The van der Waals surface area contributed by atoms with Crippen LogP contribution < -0.4 is 10.6 Å². The van der Waals surface area contributed by atoms with Gasteiger partial charge in [0.05, 0.1) is 0 Å². The number of rotatable bonds is 5. The Morgan fingerprint density at radius 1 is 1.33 bits per heavy atom. The van der Waals surface area contributed by atoms with Crippen molar-refractivity contribution in [1.82, 2.24) is 10.6 Å². The van der Waals surface area contributed by atoms with Crippen molar-refractivity contribution in [1.29, 1.82) is 0 Å². The van der Waals surface area contributed by atoms with E-state index in [1.807, 2.05) is 20.8 Å². The second-order valence-corrected chi connectivity index (χ2v) is 4.55. The maximum atomic E-state index is 11.3. The van der Waals surface area contributed by atoms with E-state index in [1.165, 1.54) is 0 Å². The van der Waals surface area contributed by atoms with Gasteiger partial charge in [-0.2, -0.15) is 0 Å². The number of nitrogens with one attached hydrogen (secondary N) is 2. The zero-order chi connectivity index (χ0) is 11.9. The lowest BCUT2D eigenvalue weighted by Crippen LogP contribution is -2.42. The smallest absolute Gasteiger partial charge is 0.407 e. The number of amides is 1. The number of carbonyl (C=O) groups is 1. The maximum Gasteiger partial charge on any atom is 0.407 e. The standard InChI is InChI=1S/C11H24N2O2/c1-6-9(12-7-2)8-13-10(14)15-11(3,4)5/h9,12H,6-8H2,1-5H3,(H,13,14)/t9-/m0/s1. The van der Waals surface area contributed by atoms with Gasteiger partial charge in [0.15, 0.2) is 0 Å². The van der Waals surface area contributed by atoms with Crippen LogP contribution in [0.2, 0.25) is 0 Å². The van der Waals surface area contributed by atoms with Gasteiger partial charge >= 0.3 is 6.09 Å². The van der Waals surface area contributed by atoms with Gasteiger partial charge in [-0.15, -0.1) is 0 Å². The minimum atomic E-state index is -0.427. The van der Waals surface area contributed by atoms with Crippen LogP contribution in [-0.2, 0) is 4.74 Å². The summed E-state index contributed by atoms with van der Waals surface area (Å²) < 4.78 is 5.13. The fourth-order valence-electron chi connectivity index (χ4n) is 1.17. The molecule has 0 rings (SSSR count). The van der Waals surface area contributed by atoms with E-state index in [9.17, 15) is 4.79 Å². The largest absolute Gasteiger partial charge is 0.444 e. The number of alkyl carbamates (subject to hydrolysis) is 1. The van der Waals surface area contributed by atoms with Gasteiger partial charge < -0.3 is 15.4 Å². The molecule has 15 heavy (non-hydrogen) atoms. The fraction of sp³-hybridized carbons (Fsp3) is 0.909. The zero-order valence-corrected chi connectivity index (χ0v) is 10.5. The predicted molar refractivity (Wildman–Crippen MR) is 62.0 cm³/mol. The van der Waals surface area contributed by atoms with Gasteiger partial charge in [0.2, 0.25) is 0 Å². The molecule has 0 fully saturated rings. The van der Waals surface area contributed by atoms with Gasteiger partial charge in [-0.1, -0.05) is 13.8 Å². The Morgan fingerprint density at radius 2 is 1.93 bits per heavy atom. The van der Waals surface area contributed by atoms with Crippen molar-refractivity contribution < 1.29 is 9.53 Å². The molecule has 90 valence electrons. The van der Waals surface area contributed by atoms with E-state index in [0.717, 1.165) is 13.0 Å². The van der Waals surface area contributed by atoms with Crippen LogP contribution in [0.4, 0.5) is 4.79 Å². The number of hydrogen-bond acceptors (Lipinski definition) is 3. The van der Waals surface area contributed by atoms with E-state index < -0.39 is 5.60 Å². The first-order valence-electron chi connectivity index (χ1n) is 5.59. The normalized spacial score (nSPS) is 13.4. The minimum absolute atomic E-state index is 0.322. The highest BCUT2D eigenvalue weighted by atomic mass is 16.6. The molecule has 0 heterocycles. The highest BCUT2D eigenvalue weighted by Gasteiger charge is 2.16. The molecule has 0 aliphatic rings. The van der Waals surface area contributed by atoms with Gasteiger partial charge in [-0.05, 0) is 33.7 Å². The second-order valence-electron chi connectivity index (χ2n) is 4.55. The summed E-state index contributed by atoms with van der Waals surface area (Å²) in [4.78, 5) is 11.3. The van der Waals surface area contributed by atoms with Crippen molar-refractivity contribution in [2.75, 3.05) is 13.1 Å². The summed E-state index contributed by atoms with van der Waals surface area (Å²) in [6.07, 6.45) is 0.641. The summed E-state index contributed by atoms with van der Waals surface area (Å²) in [7, 11) is 0. The average Bonchev–Trinajstić information content (AvgIpc) is 2.09. The summed E-state index contributed by atoms with van der Waals surface area (Å²) in [6.45, 7) is 11.2. The van der Waals surface area contributed by atoms with Crippen LogP contribution in [-0.4, -0.2) is 30.8 Å². The third-order valence-corrected chi connectivity index (χ3v) is 1.88. The first kappa shape index (κ1) is 14.2. The minimum Gasteiger partial charge on any atom is -0.444 e. The van der Waals surface area contributed by atoms with Crippen LogP contribution in [0, 0.1) is 0 Å². The number of likely N-dealkylation sites (N-methyl/N-ethyl adjacent to an activating group) is 1. The van der Waals surface area contributed by atoms with Gasteiger partial charge in [-0.25, -0.2) is 4.79 Å². The third kappa shape index (κ3) is 8.24. The van der Waals surface area contributed by atoms with E-state index in [-0.39, 0.29) is 6.09 Å². The Bertz CT molecular complexity index is 188. The van der Waals surface area contributed by atoms with Crippen LogP contribution in [0.25, 0.3) is 0 Å². The first-order chi connectivity index (χ1) is 6.89. The van der Waals surface area contributed by atoms with E-state index in [1.54, 1.807) is 0 Å². The molecule has 0 aromatic carbocycles. The molecule has 0 saturated heterocycles. The lowest BCUT2D eigenvalue weighted by molar-refractivity contribution is 0.0522. The van der Waals surface area contributed by atoms with Crippen LogP contribution in [0.15, 0.2) is 0 Å². The molecule has 2 N–H and O–H groups in total. The Morgan fingerprint density at radius 3 is 2.33 bits per heavy atom. The van der Waals surface area contributed by atoms with Crippen LogP contribution in [0.5, 0.6) is 0 Å². The van der Waals surface area contributed by atoms with Gasteiger partial charge in [0.1, 0.15) is 5.60 Å². The average molecular weight is 216 g/mol. The summed E-state index contributed by atoms with van der Waals surface area (Å²) in [5.41, 5.74) is -0.427. The summed E-state index contributed by atoms with van der Waals surface area (Å²) in [6, 6.07) is 0.322. The highest BCUT2D eigenvalue weighted by Crippen LogP contribution is 2.06. The van der Waals surface area contributed by atoms with E-state index >= 15 is 0 Å². The molecule has 0 aliphatic carbocycles. The summed E-state index contributed by atoms with van der Waals surface area (Å²) >= 11 is 0. The van der Waals surface area contributed by atoms with E-state index in [4.69, 9.17) is 4.74 Å². The Labute approximate surface area is 92.8 Å². The molecule has 0 unspecified atom stereocenters. The SMILES string of the molecule is CCN[C@@H](CC)CNC(=O)OC(C)(C)C. The van der Waals surface area contributed by atoms with Crippen molar-refractivity contribution in [3.8, 4) is 0 Å². The third-order valence-electron chi connectivity index (χ3n) is 1.88. The molecule has 0 aliphatic heterocycles. The lowest BCUT2D eigenvalue weighted by Gasteiger charge is -2.21. The molecule has 0 aromatic rings. The molecule has 0 radical (unpaired) electrons. The number of hydrogen-bond donors (Lipinski definition) is 2. The number of ether oxygens (including phenoxy) is 1. The van der Waals surface area contributed by atoms with Gasteiger partial charge in [-0.3, -0.25) is 0 Å². The molecule has 0 saturated carbocycles. The molecular weight excluding hydrogens is 192 g/mol. The van der Waals surface area contributed by atoms with Crippen molar-refractivity contribution in [3.63, 3.8) is 0 Å². The maximum absolute atomic E-state index is 11.3. The Hall–Kier alpha value is -0.770. The predicted octanol–water partition coefficient (Wildman–Crippen LogP) is 1.90. The Balaban J connectivity index is 3.78. The highest BCUT2D eigenvalue weighted by molar-refractivity contribution is 5.67. The molecule has 0 aromatic heterocycles. The molecule has 1 amide bonds. The zero-order valence-electron chi connectivity index (χ0n) is 10.5. The Kier molecular flexibility index (Phi) is 6.32. The number of carbonyl (C=O) groups excluding carboxylic acids is 1. The van der Waals surface area contributed by atoms with Gasteiger partial charge in [0.25, 0.3) is 0 Å². The van der Waals surface area contributed by atoms with Crippen molar-refractivity contribution in [2.45, 2.75) is 52.7 Å². The van der Waals surface area contributed by atoms with Crippen LogP contribution in [0.1, 0.15) is 41.0 Å². The summed E-state index contributed by atoms with van der Waals surface area (Å²) in [5.74, 6) is 0. The van der Waals surface area contributed by atoms with Crippen molar-refractivity contribution >= 4 is 6.09 Å². The van der Waals surface area contributed by atoms with Crippen LogP contribution in [0.3, 0.4) is 0 Å². The summed E-state index contributed by atoms with van der Waals surface area (Å²) in [5, 5.41) is 6.03. The quantitative estimate of drug-likeness (QED) is 0.738. The van der Waals surface area contributed by atoms with Crippen LogP contribution >= 0.6 is 0 Å². The molecular formula is C11H24N2O2.